The molecule has 1 unspecified atom stereocenters. The van der Waals surface area contributed by atoms with Gasteiger partial charge in [-0.1, -0.05) is 12.1 Å². The molecule has 0 radical (unpaired) electrons. The van der Waals surface area contributed by atoms with Gasteiger partial charge in [-0.25, -0.2) is 4.39 Å². The molecule has 0 aliphatic carbocycles. The van der Waals surface area contributed by atoms with Gasteiger partial charge in [0.15, 0.2) is 0 Å². The van der Waals surface area contributed by atoms with Gasteiger partial charge < -0.3 is 10.6 Å². The number of amides is 1. The molecule has 1 aromatic rings. The van der Waals surface area contributed by atoms with Crippen LogP contribution in [0.4, 0.5) is 10.1 Å². The second-order valence-corrected chi connectivity index (χ2v) is 4.44. The fraction of sp³-hybridized carbons (Fsp3) is 0.462. The highest BCUT2D eigenvalue weighted by Crippen LogP contribution is 2.17. The monoisotopic (exact) mass is 236 g/mol. The van der Waals surface area contributed by atoms with E-state index in [1.165, 1.54) is 6.07 Å². The Balaban J connectivity index is 1.86. The van der Waals surface area contributed by atoms with Crippen LogP contribution in [0.25, 0.3) is 0 Å². The summed E-state index contributed by atoms with van der Waals surface area (Å²) in [6, 6.07) is 6.24. The van der Waals surface area contributed by atoms with Crippen molar-refractivity contribution in [3.63, 3.8) is 0 Å². The van der Waals surface area contributed by atoms with Gasteiger partial charge in [0, 0.05) is 6.42 Å². The van der Waals surface area contributed by atoms with Crippen LogP contribution in [0.5, 0.6) is 0 Å². The van der Waals surface area contributed by atoms with Gasteiger partial charge in [-0.05, 0) is 44.0 Å². The fourth-order valence-electron chi connectivity index (χ4n) is 2.12. The van der Waals surface area contributed by atoms with E-state index in [1.54, 1.807) is 18.2 Å². The molecule has 1 aromatic carbocycles. The third-order valence-corrected chi connectivity index (χ3v) is 3.02. The van der Waals surface area contributed by atoms with Crippen LogP contribution >= 0.6 is 0 Å². The van der Waals surface area contributed by atoms with Crippen LogP contribution in [0.3, 0.4) is 0 Å². The van der Waals surface area contributed by atoms with E-state index < -0.39 is 0 Å². The summed E-state index contributed by atoms with van der Waals surface area (Å²) in [5, 5.41) is 5.88. The summed E-state index contributed by atoms with van der Waals surface area (Å²) in [6.45, 7) is 1.91. The molecule has 1 heterocycles. The predicted molar refractivity (Wildman–Crippen MR) is 65.2 cm³/mol. The van der Waals surface area contributed by atoms with E-state index in [-0.39, 0.29) is 17.4 Å². The lowest BCUT2D eigenvalue weighted by Crippen LogP contribution is -2.32. The second kappa shape index (κ2) is 5.77. The third-order valence-electron chi connectivity index (χ3n) is 3.02. The summed E-state index contributed by atoms with van der Waals surface area (Å²) in [6.07, 6.45) is 2.64. The van der Waals surface area contributed by atoms with E-state index in [4.69, 9.17) is 0 Å². The van der Waals surface area contributed by atoms with Gasteiger partial charge in [-0.15, -0.1) is 0 Å². The Morgan fingerprint density at radius 3 is 3.00 bits per heavy atom. The van der Waals surface area contributed by atoms with Crippen molar-refractivity contribution in [2.24, 2.45) is 5.92 Å². The average Bonchev–Trinajstić information content (AvgIpc) is 2.33. The minimum Gasteiger partial charge on any atom is -0.324 e. The second-order valence-electron chi connectivity index (χ2n) is 4.44. The summed E-state index contributed by atoms with van der Waals surface area (Å²) in [4.78, 5) is 11.7. The maximum absolute atomic E-state index is 13.3. The van der Waals surface area contributed by atoms with Crippen molar-refractivity contribution >= 4 is 11.6 Å². The van der Waals surface area contributed by atoms with E-state index in [9.17, 15) is 9.18 Å². The molecule has 1 atom stereocenters. The number of hydrogen-bond donors (Lipinski definition) is 2. The molecule has 0 spiro atoms. The van der Waals surface area contributed by atoms with Crippen LogP contribution in [0.2, 0.25) is 0 Å². The molecule has 1 fully saturated rings. The molecule has 3 nitrogen and oxygen atoms in total. The van der Waals surface area contributed by atoms with Gasteiger partial charge in [0.25, 0.3) is 0 Å². The van der Waals surface area contributed by atoms with Crippen molar-refractivity contribution in [3.8, 4) is 0 Å². The molecular weight excluding hydrogens is 219 g/mol. The zero-order chi connectivity index (χ0) is 12.1. The van der Waals surface area contributed by atoms with Crippen molar-refractivity contribution in [1.29, 1.82) is 0 Å². The van der Waals surface area contributed by atoms with Crippen LogP contribution in [0, 0.1) is 11.7 Å². The van der Waals surface area contributed by atoms with Crippen molar-refractivity contribution in [2.45, 2.75) is 19.3 Å². The molecule has 1 aliphatic heterocycles. The van der Waals surface area contributed by atoms with Crippen LogP contribution in [0.15, 0.2) is 24.3 Å². The number of carbonyl (C=O) groups excluding carboxylic acids is 1. The first kappa shape index (κ1) is 12.0. The van der Waals surface area contributed by atoms with Gasteiger partial charge in [0.05, 0.1) is 5.69 Å². The van der Waals surface area contributed by atoms with E-state index >= 15 is 0 Å². The standard InChI is InChI=1S/C13H17FN2O/c14-11-5-1-2-6-12(11)16-13(17)8-10-4-3-7-15-9-10/h1-2,5-6,10,15H,3-4,7-9H2,(H,16,17). The average molecular weight is 236 g/mol. The number of para-hydroxylation sites is 1. The molecule has 0 aromatic heterocycles. The Hall–Kier alpha value is -1.42. The molecule has 0 bridgehead atoms. The van der Waals surface area contributed by atoms with Gasteiger partial charge in [0.1, 0.15) is 5.82 Å². The molecule has 17 heavy (non-hydrogen) atoms. The van der Waals surface area contributed by atoms with Crippen LogP contribution in [-0.4, -0.2) is 19.0 Å². The number of benzene rings is 1. The molecule has 1 amide bonds. The van der Waals surface area contributed by atoms with Crippen molar-refractivity contribution in [1.82, 2.24) is 5.32 Å². The van der Waals surface area contributed by atoms with Gasteiger partial charge >= 0.3 is 0 Å². The summed E-state index contributed by atoms with van der Waals surface area (Å²) >= 11 is 0. The van der Waals surface area contributed by atoms with Crippen molar-refractivity contribution in [3.05, 3.63) is 30.1 Å². The first-order chi connectivity index (χ1) is 8.25. The molecule has 92 valence electrons. The summed E-state index contributed by atoms with van der Waals surface area (Å²) in [5.74, 6) is -0.123. The summed E-state index contributed by atoms with van der Waals surface area (Å²) in [7, 11) is 0. The number of piperidine rings is 1. The van der Waals surface area contributed by atoms with E-state index in [1.807, 2.05) is 0 Å². The lowest BCUT2D eigenvalue weighted by molar-refractivity contribution is -0.117. The lowest BCUT2D eigenvalue weighted by Gasteiger charge is -2.22. The van der Waals surface area contributed by atoms with Gasteiger partial charge in [0.2, 0.25) is 5.91 Å². The van der Waals surface area contributed by atoms with Crippen LogP contribution in [0.1, 0.15) is 19.3 Å². The Morgan fingerprint density at radius 2 is 2.29 bits per heavy atom. The molecule has 2 rings (SSSR count). The highest BCUT2D eigenvalue weighted by atomic mass is 19.1. The maximum Gasteiger partial charge on any atom is 0.224 e. The topological polar surface area (TPSA) is 41.1 Å². The van der Waals surface area contributed by atoms with Gasteiger partial charge in [-0.3, -0.25) is 4.79 Å². The third kappa shape index (κ3) is 3.53. The number of nitrogens with one attached hydrogen (secondary N) is 2. The Bertz CT molecular complexity index is 389. The molecule has 0 saturated carbocycles. The van der Waals surface area contributed by atoms with Crippen LogP contribution in [-0.2, 0) is 4.79 Å². The zero-order valence-electron chi connectivity index (χ0n) is 9.71. The Kier molecular flexibility index (Phi) is 4.09. The Labute approximate surface area is 100 Å². The minimum absolute atomic E-state index is 0.108. The first-order valence-electron chi connectivity index (χ1n) is 6.01. The highest BCUT2D eigenvalue weighted by molar-refractivity contribution is 5.90. The SMILES string of the molecule is O=C(CC1CCCNC1)Nc1ccccc1F. The predicted octanol–water partition coefficient (Wildman–Crippen LogP) is 2.15. The summed E-state index contributed by atoms with van der Waals surface area (Å²) in [5.41, 5.74) is 0.265. The van der Waals surface area contributed by atoms with E-state index in [0.29, 0.717) is 12.3 Å². The number of halogens is 1. The highest BCUT2D eigenvalue weighted by Gasteiger charge is 2.17. The van der Waals surface area contributed by atoms with Crippen molar-refractivity contribution in [2.75, 3.05) is 18.4 Å². The number of carbonyl (C=O) groups is 1. The van der Waals surface area contributed by atoms with E-state index in [0.717, 1.165) is 25.9 Å². The largest absolute Gasteiger partial charge is 0.324 e. The molecule has 4 heteroatoms. The maximum atomic E-state index is 13.3. The lowest BCUT2D eigenvalue weighted by atomic mass is 9.96. The molecule has 2 N–H and O–H groups in total. The van der Waals surface area contributed by atoms with Gasteiger partial charge in [-0.2, -0.15) is 0 Å². The smallest absolute Gasteiger partial charge is 0.224 e. The first-order valence-corrected chi connectivity index (χ1v) is 6.01. The molecule has 1 saturated heterocycles. The number of hydrogen-bond acceptors (Lipinski definition) is 2. The minimum atomic E-state index is -0.386. The van der Waals surface area contributed by atoms with E-state index in [2.05, 4.69) is 10.6 Å². The Morgan fingerprint density at radius 1 is 1.47 bits per heavy atom. The zero-order valence-corrected chi connectivity index (χ0v) is 9.71. The quantitative estimate of drug-likeness (QED) is 0.844. The normalized spacial score (nSPS) is 19.9. The molecular formula is C13H17FN2O. The number of rotatable bonds is 3. The number of anilines is 1. The summed E-state index contributed by atoms with van der Waals surface area (Å²) < 4.78 is 13.3. The van der Waals surface area contributed by atoms with Crippen LogP contribution < -0.4 is 10.6 Å². The fourth-order valence-corrected chi connectivity index (χ4v) is 2.12. The molecule has 1 aliphatic rings. The van der Waals surface area contributed by atoms with Crippen molar-refractivity contribution < 1.29 is 9.18 Å².